The Labute approximate surface area is 121 Å². The molecule has 106 valence electrons. The van der Waals surface area contributed by atoms with Gasteiger partial charge in [-0.05, 0) is 55.5 Å². The summed E-state index contributed by atoms with van der Waals surface area (Å²) < 4.78 is 5.72. The molecule has 2 nitrogen and oxygen atoms in total. The van der Waals surface area contributed by atoms with E-state index in [2.05, 4.69) is 48.5 Å². The van der Waals surface area contributed by atoms with Crippen LogP contribution in [0.1, 0.15) is 30.4 Å². The second-order valence-corrected chi connectivity index (χ2v) is 5.00. The Hall–Kier alpha value is -1.80. The minimum absolute atomic E-state index is 0.772. The lowest BCUT2D eigenvalue weighted by Gasteiger charge is -2.07. The van der Waals surface area contributed by atoms with E-state index in [4.69, 9.17) is 10.5 Å². The zero-order chi connectivity index (χ0) is 14.0. The van der Waals surface area contributed by atoms with Crippen LogP contribution in [0.4, 0.5) is 0 Å². The Morgan fingerprint density at radius 2 is 1.45 bits per heavy atom. The number of benzene rings is 2. The Balaban J connectivity index is 1.78. The van der Waals surface area contributed by atoms with Crippen LogP contribution in [0.5, 0.6) is 5.75 Å². The Morgan fingerprint density at radius 3 is 2.15 bits per heavy atom. The summed E-state index contributed by atoms with van der Waals surface area (Å²) >= 11 is 0. The fourth-order valence-electron chi connectivity index (χ4n) is 2.15. The van der Waals surface area contributed by atoms with Crippen molar-refractivity contribution < 1.29 is 4.74 Å². The van der Waals surface area contributed by atoms with Crippen molar-refractivity contribution in [2.24, 2.45) is 5.73 Å². The quantitative estimate of drug-likeness (QED) is 0.740. The molecule has 2 N–H and O–H groups in total. The molecule has 0 spiro atoms. The molecule has 20 heavy (non-hydrogen) atoms. The average molecular weight is 269 g/mol. The molecule has 0 atom stereocenters. The molecule has 0 heterocycles. The van der Waals surface area contributed by atoms with Gasteiger partial charge in [0.25, 0.3) is 0 Å². The minimum Gasteiger partial charge on any atom is -0.494 e. The Bertz CT molecular complexity index is 479. The molecule has 0 fully saturated rings. The highest BCUT2D eigenvalue weighted by Gasteiger charge is 1.98. The van der Waals surface area contributed by atoms with Gasteiger partial charge in [-0.1, -0.05) is 42.5 Å². The van der Waals surface area contributed by atoms with Crippen molar-refractivity contribution >= 4 is 0 Å². The molecule has 0 radical (unpaired) electrons. The maximum atomic E-state index is 5.72. The van der Waals surface area contributed by atoms with Crippen molar-refractivity contribution in [3.05, 3.63) is 65.7 Å². The van der Waals surface area contributed by atoms with Gasteiger partial charge in [0.05, 0.1) is 6.61 Å². The van der Waals surface area contributed by atoms with Gasteiger partial charge in [-0.25, -0.2) is 0 Å². The maximum absolute atomic E-state index is 5.72. The molecular weight excluding hydrogens is 246 g/mol. The SMILES string of the molecule is NCCCCCOc1ccc(Cc2ccccc2)cc1. The van der Waals surface area contributed by atoms with E-state index < -0.39 is 0 Å². The molecule has 0 bridgehead atoms. The third kappa shape index (κ3) is 5.06. The number of hydrogen-bond acceptors (Lipinski definition) is 2. The zero-order valence-corrected chi connectivity index (χ0v) is 11.9. The van der Waals surface area contributed by atoms with E-state index in [0.29, 0.717) is 0 Å². The third-order valence-electron chi connectivity index (χ3n) is 3.29. The number of hydrogen-bond donors (Lipinski definition) is 1. The average Bonchev–Trinajstić information content (AvgIpc) is 2.50. The molecule has 0 amide bonds. The van der Waals surface area contributed by atoms with Gasteiger partial charge in [0.1, 0.15) is 5.75 Å². The lowest BCUT2D eigenvalue weighted by atomic mass is 10.1. The summed E-state index contributed by atoms with van der Waals surface area (Å²) in [6, 6.07) is 18.9. The highest BCUT2D eigenvalue weighted by molar-refractivity contribution is 5.31. The standard InChI is InChI=1S/C18H23NO/c19-13-5-2-6-14-20-18-11-9-17(10-12-18)15-16-7-3-1-4-8-16/h1,3-4,7-12H,2,5-6,13-15,19H2. The first-order valence-corrected chi connectivity index (χ1v) is 7.34. The molecule has 0 aliphatic rings. The van der Waals surface area contributed by atoms with Crippen molar-refractivity contribution in [1.29, 1.82) is 0 Å². The van der Waals surface area contributed by atoms with Crippen LogP contribution in [-0.2, 0) is 6.42 Å². The lowest BCUT2D eigenvalue weighted by Crippen LogP contribution is -2.01. The van der Waals surface area contributed by atoms with E-state index >= 15 is 0 Å². The lowest BCUT2D eigenvalue weighted by molar-refractivity contribution is 0.305. The van der Waals surface area contributed by atoms with E-state index in [1.165, 1.54) is 11.1 Å². The van der Waals surface area contributed by atoms with Crippen LogP contribution in [0.15, 0.2) is 54.6 Å². The summed E-state index contributed by atoms with van der Waals surface area (Å²) in [6.45, 7) is 1.55. The number of ether oxygens (including phenoxy) is 1. The van der Waals surface area contributed by atoms with Crippen molar-refractivity contribution in [2.75, 3.05) is 13.2 Å². The summed E-state index contributed by atoms with van der Waals surface area (Å²) in [4.78, 5) is 0. The highest BCUT2D eigenvalue weighted by Crippen LogP contribution is 2.15. The smallest absolute Gasteiger partial charge is 0.119 e. The maximum Gasteiger partial charge on any atom is 0.119 e. The molecular formula is C18H23NO. The molecule has 0 aromatic heterocycles. The van der Waals surface area contributed by atoms with Crippen molar-refractivity contribution in [3.63, 3.8) is 0 Å². The van der Waals surface area contributed by atoms with E-state index in [9.17, 15) is 0 Å². The first kappa shape index (κ1) is 14.6. The van der Waals surface area contributed by atoms with E-state index in [1.807, 2.05) is 6.07 Å². The number of rotatable bonds is 8. The highest BCUT2D eigenvalue weighted by atomic mass is 16.5. The predicted octanol–water partition coefficient (Wildman–Crippen LogP) is 3.79. The summed E-state index contributed by atoms with van der Waals surface area (Å²) in [6.07, 6.45) is 4.27. The largest absolute Gasteiger partial charge is 0.494 e. The summed E-state index contributed by atoms with van der Waals surface area (Å²) in [5, 5.41) is 0. The molecule has 2 rings (SSSR count). The minimum atomic E-state index is 0.772. The summed E-state index contributed by atoms with van der Waals surface area (Å²) in [5.41, 5.74) is 8.11. The van der Waals surface area contributed by atoms with Crippen LogP contribution in [0.2, 0.25) is 0 Å². The second-order valence-electron chi connectivity index (χ2n) is 5.00. The van der Waals surface area contributed by atoms with Gasteiger partial charge in [-0.3, -0.25) is 0 Å². The number of unbranched alkanes of at least 4 members (excludes halogenated alkanes) is 2. The Morgan fingerprint density at radius 1 is 0.750 bits per heavy atom. The first-order chi connectivity index (χ1) is 9.88. The van der Waals surface area contributed by atoms with E-state index in [0.717, 1.165) is 44.6 Å². The van der Waals surface area contributed by atoms with Crippen molar-refractivity contribution in [2.45, 2.75) is 25.7 Å². The first-order valence-electron chi connectivity index (χ1n) is 7.34. The van der Waals surface area contributed by atoms with Gasteiger partial charge in [0.2, 0.25) is 0 Å². The van der Waals surface area contributed by atoms with Crippen molar-refractivity contribution in [3.8, 4) is 5.75 Å². The molecule has 2 heteroatoms. The number of nitrogens with two attached hydrogens (primary N) is 1. The molecule has 0 saturated carbocycles. The predicted molar refractivity (Wildman–Crippen MR) is 84.1 cm³/mol. The molecule has 0 unspecified atom stereocenters. The summed E-state index contributed by atoms with van der Waals surface area (Å²) in [5.74, 6) is 0.953. The zero-order valence-electron chi connectivity index (χ0n) is 11.9. The van der Waals surface area contributed by atoms with Crippen LogP contribution in [-0.4, -0.2) is 13.2 Å². The molecule has 0 saturated heterocycles. The topological polar surface area (TPSA) is 35.2 Å². The van der Waals surface area contributed by atoms with Gasteiger partial charge in [0.15, 0.2) is 0 Å². The van der Waals surface area contributed by atoms with E-state index in [1.54, 1.807) is 0 Å². The van der Waals surface area contributed by atoms with Gasteiger partial charge >= 0.3 is 0 Å². The van der Waals surface area contributed by atoms with Crippen molar-refractivity contribution in [1.82, 2.24) is 0 Å². The molecule has 0 aliphatic carbocycles. The molecule has 2 aromatic carbocycles. The molecule has 0 aliphatic heterocycles. The van der Waals surface area contributed by atoms with Gasteiger partial charge in [-0.15, -0.1) is 0 Å². The van der Waals surface area contributed by atoms with Crippen LogP contribution in [0, 0.1) is 0 Å². The van der Waals surface area contributed by atoms with Crippen LogP contribution in [0.25, 0.3) is 0 Å². The normalized spacial score (nSPS) is 10.4. The van der Waals surface area contributed by atoms with Gasteiger partial charge < -0.3 is 10.5 Å². The molecule has 2 aromatic rings. The van der Waals surface area contributed by atoms with Crippen LogP contribution >= 0.6 is 0 Å². The Kier molecular flexibility index (Phi) is 6.12. The fourth-order valence-corrected chi connectivity index (χ4v) is 2.15. The van der Waals surface area contributed by atoms with E-state index in [-0.39, 0.29) is 0 Å². The second kappa shape index (κ2) is 8.39. The monoisotopic (exact) mass is 269 g/mol. The van der Waals surface area contributed by atoms with Gasteiger partial charge in [-0.2, -0.15) is 0 Å². The van der Waals surface area contributed by atoms with Crippen LogP contribution in [0.3, 0.4) is 0 Å². The van der Waals surface area contributed by atoms with Crippen LogP contribution < -0.4 is 10.5 Å². The fraction of sp³-hybridized carbons (Fsp3) is 0.333. The van der Waals surface area contributed by atoms with Gasteiger partial charge in [0, 0.05) is 0 Å². The third-order valence-corrected chi connectivity index (χ3v) is 3.29. The summed E-state index contributed by atoms with van der Waals surface area (Å²) in [7, 11) is 0.